The smallest absolute Gasteiger partial charge is 0.311 e. The lowest BCUT2D eigenvalue weighted by atomic mass is 10.2. The Bertz CT molecular complexity index is 929. The van der Waals surface area contributed by atoms with Crippen LogP contribution in [0.25, 0.3) is 10.9 Å². The van der Waals surface area contributed by atoms with Crippen LogP contribution < -0.4 is 14.2 Å². The van der Waals surface area contributed by atoms with Crippen molar-refractivity contribution in [1.29, 1.82) is 0 Å². The van der Waals surface area contributed by atoms with Crippen molar-refractivity contribution in [3.63, 3.8) is 0 Å². The molecule has 0 amide bonds. The summed E-state index contributed by atoms with van der Waals surface area (Å²) in [5, 5.41) is 9.55. The molecule has 3 rings (SSSR count). The largest absolute Gasteiger partial charge is 0.493 e. The molecule has 8 heteroatoms. The molecule has 0 bridgehead atoms. The number of aromatic nitrogens is 3. The van der Waals surface area contributed by atoms with Crippen molar-refractivity contribution in [2.24, 2.45) is 0 Å². The summed E-state index contributed by atoms with van der Waals surface area (Å²) in [5.74, 6) is 1.01. The summed E-state index contributed by atoms with van der Waals surface area (Å²) in [5.41, 5.74) is 0.662. The minimum absolute atomic E-state index is 0.169. The number of aliphatic carboxylic acids is 1. The fourth-order valence-corrected chi connectivity index (χ4v) is 2.31. The van der Waals surface area contributed by atoms with E-state index in [2.05, 4.69) is 15.0 Å². The molecule has 0 aliphatic rings. The van der Waals surface area contributed by atoms with Crippen LogP contribution in [0.4, 0.5) is 0 Å². The van der Waals surface area contributed by atoms with E-state index < -0.39 is 5.97 Å². The van der Waals surface area contributed by atoms with Gasteiger partial charge in [0.1, 0.15) is 18.0 Å². The highest BCUT2D eigenvalue weighted by atomic mass is 16.5. The average Bonchev–Trinajstić information content (AvgIpc) is 2.60. The first-order valence-electron chi connectivity index (χ1n) is 7.33. The summed E-state index contributed by atoms with van der Waals surface area (Å²) < 4.78 is 16.4. The van der Waals surface area contributed by atoms with Gasteiger partial charge in [-0.2, -0.15) is 4.98 Å². The second kappa shape index (κ2) is 7.00. The minimum atomic E-state index is -1.01. The van der Waals surface area contributed by atoms with Crippen molar-refractivity contribution in [2.45, 2.75) is 6.42 Å². The van der Waals surface area contributed by atoms with Crippen LogP contribution in [0.5, 0.6) is 23.1 Å². The van der Waals surface area contributed by atoms with Crippen LogP contribution in [0, 0.1) is 0 Å². The Balaban J connectivity index is 2.00. The van der Waals surface area contributed by atoms with Gasteiger partial charge in [0.2, 0.25) is 5.88 Å². The average molecular weight is 341 g/mol. The highest BCUT2D eigenvalue weighted by Gasteiger charge is 2.12. The first-order valence-corrected chi connectivity index (χ1v) is 7.33. The van der Waals surface area contributed by atoms with Gasteiger partial charge in [-0.05, 0) is 12.1 Å². The van der Waals surface area contributed by atoms with Crippen molar-refractivity contribution in [2.75, 3.05) is 14.2 Å². The van der Waals surface area contributed by atoms with Gasteiger partial charge in [-0.15, -0.1) is 0 Å². The Morgan fingerprint density at radius 1 is 1.04 bits per heavy atom. The number of ether oxygens (including phenoxy) is 3. The third kappa shape index (κ3) is 3.57. The summed E-state index contributed by atoms with van der Waals surface area (Å²) in [6, 6.07) is 6.75. The van der Waals surface area contributed by atoms with Crippen LogP contribution in [-0.4, -0.2) is 40.2 Å². The Morgan fingerprint density at radius 3 is 2.48 bits per heavy atom. The van der Waals surface area contributed by atoms with E-state index in [1.54, 1.807) is 44.7 Å². The molecule has 1 N–H and O–H groups in total. The van der Waals surface area contributed by atoms with Gasteiger partial charge in [-0.3, -0.25) is 9.78 Å². The van der Waals surface area contributed by atoms with Crippen LogP contribution >= 0.6 is 0 Å². The first kappa shape index (κ1) is 16.4. The van der Waals surface area contributed by atoms with Gasteiger partial charge in [-0.1, -0.05) is 0 Å². The Kier molecular flexibility index (Phi) is 4.60. The number of rotatable bonds is 6. The van der Waals surface area contributed by atoms with Gasteiger partial charge in [0.25, 0.3) is 0 Å². The molecule has 25 heavy (non-hydrogen) atoms. The molecule has 0 spiro atoms. The van der Waals surface area contributed by atoms with Crippen LogP contribution in [0.15, 0.2) is 36.7 Å². The topological polar surface area (TPSA) is 104 Å². The SMILES string of the molecule is COc1cc2nccc(Oc3ccnc(CC(=O)O)n3)c2cc1OC. The zero-order valence-electron chi connectivity index (χ0n) is 13.6. The molecule has 0 saturated carbocycles. The Morgan fingerprint density at radius 2 is 1.76 bits per heavy atom. The standard InChI is InChI=1S/C17H15N3O5/c1-23-13-7-10-11(8-14(13)24-2)18-5-3-12(10)25-16-4-6-19-15(20-16)9-17(21)22/h3-8H,9H2,1-2H3,(H,21,22). The minimum Gasteiger partial charge on any atom is -0.493 e. The maximum absolute atomic E-state index is 10.8. The molecule has 0 fully saturated rings. The molecular weight excluding hydrogens is 326 g/mol. The molecule has 0 saturated heterocycles. The first-order chi connectivity index (χ1) is 12.1. The summed E-state index contributed by atoms with van der Waals surface area (Å²) in [4.78, 5) is 23.1. The molecule has 128 valence electrons. The lowest BCUT2D eigenvalue weighted by Crippen LogP contribution is -2.05. The quantitative estimate of drug-likeness (QED) is 0.729. The fourth-order valence-electron chi connectivity index (χ4n) is 2.31. The molecule has 3 aromatic rings. The monoisotopic (exact) mass is 341 g/mol. The van der Waals surface area contributed by atoms with Crippen molar-refractivity contribution in [1.82, 2.24) is 15.0 Å². The van der Waals surface area contributed by atoms with E-state index in [0.29, 0.717) is 28.2 Å². The molecule has 2 heterocycles. The molecule has 0 aliphatic heterocycles. The van der Waals surface area contributed by atoms with E-state index in [0.717, 1.165) is 0 Å². The van der Waals surface area contributed by atoms with E-state index in [-0.39, 0.29) is 18.1 Å². The van der Waals surface area contributed by atoms with Crippen LogP contribution in [-0.2, 0) is 11.2 Å². The number of carbonyl (C=O) groups is 1. The Labute approximate surface area is 143 Å². The highest BCUT2D eigenvalue weighted by molar-refractivity contribution is 5.88. The van der Waals surface area contributed by atoms with Gasteiger partial charge in [0.05, 0.1) is 19.7 Å². The van der Waals surface area contributed by atoms with Crippen molar-refractivity contribution < 1.29 is 24.1 Å². The van der Waals surface area contributed by atoms with Crippen LogP contribution in [0.3, 0.4) is 0 Å². The lowest BCUT2D eigenvalue weighted by Gasteiger charge is -2.12. The predicted octanol–water partition coefficient (Wildman–Crippen LogP) is 2.46. The molecule has 0 radical (unpaired) electrons. The maximum Gasteiger partial charge on any atom is 0.311 e. The van der Waals surface area contributed by atoms with Gasteiger partial charge in [-0.25, -0.2) is 4.98 Å². The van der Waals surface area contributed by atoms with Gasteiger partial charge in [0, 0.05) is 29.9 Å². The van der Waals surface area contributed by atoms with Crippen molar-refractivity contribution >= 4 is 16.9 Å². The molecule has 0 atom stereocenters. The van der Waals surface area contributed by atoms with Crippen LogP contribution in [0.1, 0.15) is 5.82 Å². The summed E-state index contributed by atoms with van der Waals surface area (Å²) in [6.07, 6.45) is 2.77. The number of carboxylic acids is 1. The number of hydrogen-bond donors (Lipinski definition) is 1. The highest BCUT2D eigenvalue weighted by Crippen LogP contribution is 2.36. The molecule has 2 aromatic heterocycles. The predicted molar refractivity (Wildman–Crippen MR) is 88.3 cm³/mol. The number of hydrogen-bond acceptors (Lipinski definition) is 7. The number of benzene rings is 1. The maximum atomic E-state index is 10.8. The summed E-state index contributed by atoms with van der Waals surface area (Å²) in [6.45, 7) is 0. The zero-order chi connectivity index (χ0) is 17.8. The molecule has 8 nitrogen and oxygen atoms in total. The molecular formula is C17H15N3O5. The zero-order valence-corrected chi connectivity index (χ0v) is 13.6. The third-order valence-corrected chi connectivity index (χ3v) is 3.41. The van der Waals surface area contributed by atoms with Gasteiger partial charge < -0.3 is 19.3 Å². The number of methoxy groups -OCH3 is 2. The summed E-state index contributed by atoms with van der Waals surface area (Å²) in [7, 11) is 3.10. The van der Waals surface area contributed by atoms with E-state index in [4.69, 9.17) is 19.3 Å². The van der Waals surface area contributed by atoms with Crippen LogP contribution in [0.2, 0.25) is 0 Å². The summed E-state index contributed by atoms with van der Waals surface area (Å²) >= 11 is 0. The second-order valence-electron chi connectivity index (χ2n) is 5.02. The number of nitrogens with zero attached hydrogens (tertiary/aromatic N) is 3. The second-order valence-corrected chi connectivity index (χ2v) is 5.02. The number of carboxylic acid groups (broad SMARTS) is 1. The van der Waals surface area contributed by atoms with E-state index >= 15 is 0 Å². The third-order valence-electron chi connectivity index (χ3n) is 3.41. The van der Waals surface area contributed by atoms with Gasteiger partial charge >= 0.3 is 5.97 Å². The number of pyridine rings is 1. The fraction of sp³-hybridized carbons (Fsp3) is 0.176. The van der Waals surface area contributed by atoms with Gasteiger partial charge in [0.15, 0.2) is 11.5 Å². The van der Waals surface area contributed by atoms with E-state index in [1.165, 1.54) is 6.20 Å². The van der Waals surface area contributed by atoms with E-state index in [1.807, 2.05) is 0 Å². The van der Waals surface area contributed by atoms with Crippen molar-refractivity contribution in [3.05, 3.63) is 42.5 Å². The number of fused-ring (bicyclic) bond motifs is 1. The molecule has 0 unspecified atom stereocenters. The Hall–Kier alpha value is -3.42. The van der Waals surface area contributed by atoms with Crippen molar-refractivity contribution in [3.8, 4) is 23.1 Å². The molecule has 1 aromatic carbocycles. The normalized spacial score (nSPS) is 10.5. The molecule has 0 aliphatic carbocycles. The van der Waals surface area contributed by atoms with E-state index in [9.17, 15) is 4.79 Å². The lowest BCUT2D eigenvalue weighted by molar-refractivity contribution is -0.136.